The van der Waals surface area contributed by atoms with Crippen molar-refractivity contribution in [3.05, 3.63) is 34.9 Å². The van der Waals surface area contributed by atoms with E-state index in [2.05, 4.69) is 23.8 Å². The van der Waals surface area contributed by atoms with Crippen LogP contribution in [-0.4, -0.2) is 54.9 Å². The van der Waals surface area contributed by atoms with Gasteiger partial charge in [-0.3, -0.25) is 9.69 Å². The van der Waals surface area contributed by atoms with Crippen molar-refractivity contribution >= 4 is 17.4 Å². The molecule has 1 unspecified atom stereocenters. The number of carbonyl (C=O) groups is 1. The van der Waals surface area contributed by atoms with Crippen molar-refractivity contribution < 1.29 is 4.79 Å². The van der Waals surface area contributed by atoms with Gasteiger partial charge in [0, 0.05) is 49.2 Å². The van der Waals surface area contributed by atoms with Crippen LogP contribution in [0.5, 0.6) is 0 Å². The molecule has 2 rings (SSSR count). The summed E-state index contributed by atoms with van der Waals surface area (Å²) in [5, 5.41) is 0.671. The van der Waals surface area contributed by atoms with Gasteiger partial charge in [0.25, 0.3) is 0 Å². The van der Waals surface area contributed by atoms with Crippen LogP contribution in [0.15, 0.2) is 24.3 Å². The summed E-state index contributed by atoms with van der Waals surface area (Å²) < 4.78 is 0. The number of ketones is 1. The van der Waals surface area contributed by atoms with E-state index < -0.39 is 0 Å². The summed E-state index contributed by atoms with van der Waals surface area (Å²) in [4.78, 5) is 16.8. The van der Waals surface area contributed by atoms with E-state index >= 15 is 0 Å². The van der Waals surface area contributed by atoms with Gasteiger partial charge in [0.1, 0.15) is 0 Å². The fourth-order valence-corrected chi connectivity index (χ4v) is 2.66. The number of likely N-dealkylation sites (N-methyl/N-ethyl adjacent to an activating group) is 1. The first-order valence-corrected chi connectivity index (χ1v) is 7.15. The predicted octanol–water partition coefficient (Wildman–Crippen LogP) is 2.55. The van der Waals surface area contributed by atoms with Crippen LogP contribution in [0, 0.1) is 0 Å². The third kappa shape index (κ3) is 4.03. The number of hydrogen-bond acceptors (Lipinski definition) is 3. The van der Waals surface area contributed by atoms with Gasteiger partial charge in [0.15, 0.2) is 5.78 Å². The quantitative estimate of drug-likeness (QED) is 0.792. The molecule has 104 valence electrons. The van der Waals surface area contributed by atoms with Gasteiger partial charge in [0.2, 0.25) is 0 Å². The van der Waals surface area contributed by atoms with Crippen LogP contribution in [0.4, 0.5) is 0 Å². The molecule has 1 aliphatic heterocycles. The summed E-state index contributed by atoms with van der Waals surface area (Å²) in [7, 11) is 2.15. The average Bonchev–Trinajstić information content (AvgIpc) is 2.38. The molecular weight excluding hydrogens is 260 g/mol. The third-order valence-electron chi connectivity index (χ3n) is 3.76. The van der Waals surface area contributed by atoms with E-state index in [1.165, 1.54) is 0 Å². The topological polar surface area (TPSA) is 23.6 Å². The second-order valence-corrected chi connectivity index (χ2v) is 5.76. The van der Waals surface area contributed by atoms with Crippen LogP contribution >= 0.6 is 11.6 Å². The van der Waals surface area contributed by atoms with Crippen molar-refractivity contribution in [2.45, 2.75) is 19.4 Å². The van der Waals surface area contributed by atoms with Crippen molar-refractivity contribution in [3.63, 3.8) is 0 Å². The number of hydrogen-bond donors (Lipinski definition) is 0. The van der Waals surface area contributed by atoms with E-state index in [0.29, 0.717) is 17.5 Å². The Morgan fingerprint density at radius 3 is 2.63 bits per heavy atom. The molecule has 1 heterocycles. The van der Waals surface area contributed by atoms with E-state index in [9.17, 15) is 4.79 Å². The Labute approximate surface area is 120 Å². The Morgan fingerprint density at radius 2 is 2.00 bits per heavy atom. The maximum Gasteiger partial charge on any atom is 0.164 e. The minimum Gasteiger partial charge on any atom is -0.304 e. The van der Waals surface area contributed by atoms with E-state index in [-0.39, 0.29) is 5.78 Å². The second kappa shape index (κ2) is 6.51. The molecule has 4 heteroatoms. The Bertz CT molecular complexity index is 432. The molecule has 1 saturated heterocycles. The molecule has 0 aliphatic carbocycles. The van der Waals surface area contributed by atoms with Gasteiger partial charge in [-0.15, -0.1) is 0 Å². The fraction of sp³-hybridized carbons (Fsp3) is 0.533. The second-order valence-electron chi connectivity index (χ2n) is 5.33. The molecule has 3 nitrogen and oxygen atoms in total. The zero-order chi connectivity index (χ0) is 13.8. The van der Waals surface area contributed by atoms with Gasteiger partial charge in [-0.25, -0.2) is 0 Å². The molecular formula is C15H21ClN2O. The Balaban J connectivity index is 1.85. The fourth-order valence-electron chi connectivity index (χ4n) is 2.53. The lowest BCUT2D eigenvalue weighted by molar-refractivity contribution is 0.0843. The molecule has 1 aromatic rings. The lowest BCUT2D eigenvalue weighted by Gasteiger charge is -2.38. The highest BCUT2D eigenvalue weighted by molar-refractivity contribution is 6.30. The van der Waals surface area contributed by atoms with Gasteiger partial charge < -0.3 is 4.90 Å². The molecule has 1 aromatic carbocycles. The lowest BCUT2D eigenvalue weighted by Crippen LogP contribution is -2.50. The minimum atomic E-state index is 0.197. The monoisotopic (exact) mass is 280 g/mol. The van der Waals surface area contributed by atoms with Crippen molar-refractivity contribution in [2.24, 2.45) is 0 Å². The van der Waals surface area contributed by atoms with Gasteiger partial charge in [-0.1, -0.05) is 11.6 Å². The summed E-state index contributed by atoms with van der Waals surface area (Å²) >= 11 is 5.82. The molecule has 0 radical (unpaired) electrons. The first-order chi connectivity index (χ1) is 9.06. The van der Waals surface area contributed by atoms with E-state index in [0.717, 1.165) is 31.7 Å². The van der Waals surface area contributed by atoms with Crippen LogP contribution in [0.3, 0.4) is 0 Å². The summed E-state index contributed by atoms with van der Waals surface area (Å²) in [6.07, 6.45) is 0.579. The molecule has 1 fully saturated rings. The Morgan fingerprint density at radius 1 is 1.32 bits per heavy atom. The van der Waals surface area contributed by atoms with Gasteiger partial charge >= 0.3 is 0 Å². The smallest absolute Gasteiger partial charge is 0.164 e. The first kappa shape index (κ1) is 14.5. The van der Waals surface area contributed by atoms with Crippen molar-refractivity contribution in [2.75, 3.05) is 33.2 Å². The van der Waals surface area contributed by atoms with Crippen LogP contribution < -0.4 is 0 Å². The van der Waals surface area contributed by atoms with E-state index in [1.54, 1.807) is 24.3 Å². The summed E-state index contributed by atoms with van der Waals surface area (Å²) in [5.74, 6) is 0.197. The highest BCUT2D eigenvalue weighted by atomic mass is 35.5. The number of benzene rings is 1. The van der Waals surface area contributed by atoms with Gasteiger partial charge in [-0.05, 0) is 38.2 Å². The number of halogens is 1. The largest absolute Gasteiger partial charge is 0.304 e. The maximum atomic E-state index is 12.1. The number of nitrogens with zero attached hydrogens (tertiary/aromatic N) is 2. The van der Waals surface area contributed by atoms with Crippen LogP contribution in [0.2, 0.25) is 5.02 Å². The molecule has 0 N–H and O–H groups in total. The van der Waals surface area contributed by atoms with Gasteiger partial charge in [-0.2, -0.15) is 0 Å². The minimum absolute atomic E-state index is 0.197. The summed E-state index contributed by atoms with van der Waals surface area (Å²) in [6.45, 7) is 6.28. The molecule has 19 heavy (non-hydrogen) atoms. The average molecular weight is 281 g/mol. The van der Waals surface area contributed by atoms with Gasteiger partial charge in [0.05, 0.1) is 0 Å². The Hall–Kier alpha value is -0.900. The zero-order valence-electron chi connectivity index (χ0n) is 11.6. The number of piperazine rings is 1. The molecule has 0 aromatic heterocycles. The highest BCUT2D eigenvalue weighted by Crippen LogP contribution is 2.13. The maximum absolute atomic E-state index is 12.1. The number of rotatable bonds is 4. The predicted molar refractivity (Wildman–Crippen MR) is 78.9 cm³/mol. The molecule has 0 amide bonds. The number of Topliss-reactive ketones (excluding diaryl/α,β-unsaturated/α-hetero) is 1. The van der Waals surface area contributed by atoms with Crippen molar-refractivity contribution in [1.82, 2.24) is 9.80 Å². The van der Waals surface area contributed by atoms with Crippen molar-refractivity contribution in [3.8, 4) is 0 Å². The molecule has 0 saturated carbocycles. The van der Waals surface area contributed by atoms with Crippen LogP contribution in [-0.2, 0) is 0 Å². The first-order valence-electron chi connectivity index (χ1n) is 6.77. The molecule has 0 bridgehead atoms. The lowest BCUT2D eigenvalue weighted by atomic mass is 10.1. The molecule has 1 atom stereocenters. The zero-order valence-corrected chi connectivity index (χ0v) is 12.4. The normalized spacial score (nSPS) is 21.5. The highest BCUT2D eigenvalue weighted by Gasteiger charge is 2.21. The number of carbonyl (C=O) groups excluding carboxylic acids is 1. The van der Waals surface area contributed by atoms with Crippen LogP contribution in [0.25, 0.3) is 0 Å². The summed E-state index contributed by atoms with van der Waals surface area (Å²) in [5.41, 5.74) is 0.756. The summed E-state index contributed by atoms with van der Waals surface area (Å²) in [6, 6.07) is 7.67. The SMILES string of the molecule is CC1CN(C)CCN1CCC(=O)c1ccc(Cl)cc1. The third-order valence-corrected chi connectivity index (χ3v) is 4.01. The molecule has 0 spiro atoms. The standard InChI is InChI=1S/C15H21ClN2O/c1-12-11-17(2)9-10-18(12)8-7-15(19)13-3-5-14(16)6-4-13/h3-6,12H,7-11H2,1-2H3. The molecule has 1 aliphatic rings. The van der Waals surface area contributed by atoms with Crippen molar-refractivity contribution in [1.29, 1.82) is 0 Å². The van der Waals surface area contributed by atoms with E-state index in [4.69, 9.17) is 11.6 Å². The Kier molecular flexibility index (Phi) is 4.97. The van der Waals surface area contributed by atoms with Crippen LogP contribution in [0.1, 0.15) is 23.7 Å². The van der Waals surface area contributed by atoms with E-state index in [1.807, 2.05) is 0 Å².